The van der Waals surface area contributed by atoms with E-state index in [0.29, 0.717) is 17.6 Å². The van der Waals surface area contributed by atoms with Gasteiger partial charge in [0.05, 0.1) is 0 Å². The molecule has 6 heteroatoms. The third-order valence-corrected chi connectivity index (χ3v) is 4.94. The summed E-state index contributed by atoms with van der Waals surface area (Å²) in [5.41, 5.74) is 4.50. The molecule has 1 radical (unpaired) electrons. The van der Waals surface area contributed by atoms with E-state index >= 15 is 0 Å². The molecular formula is C20H25BN3O2. The molecule has 1 amide bonds. The summed E-state index contributed by atoms with van der Waals surface area (Å²) in [4.78, 5) is 16.3. The number of hydroxylamine groups is 1. The molecular weight excluding hydrogens is 325 g/mol. The second kappa shape index (κ2) is 8.49. The lowest BCUT2D eigenvalue weighted by Crippen LogP contribution is -2.58. The second-order valence-electron chi connectivity index (χ2n) is 7.00. The topological polar surface area (TPSA) is 55.8 Å². The Morgan fingerprint density at radius 3 is 2.27 bits per heavy atom. The maximum Gasteiger partial charge on any atom is 0.274 e. The number of carbonyl (C=O) groups is 1. The summed E-state index contributed by atoms with van der Waals surface area (Å²) in [7, 11) is 2.15. The van der Waals surface area contributed by atoms with E-state index in [1.54, 1.807) is 17.6 Å². The molecule has 0 unspecified atom stereocenters. The van der Waals surface area contributed by atoms with Gasteiger partial charge in [0.25, 0.3) is 5.91 Å². The van der Waals surface area contributed by atoms with Crippen LogP contribution in [0.1, 0.15) is 29.8 Å². The van der Waals surface area contributed by atoms with Crippen LogP contribution < -0.4 is 10.9 Å². The molecule has 1 heterocycles. The highest BCUT2D eigenvalue weighted by Gasteiger charge is 2.29. The first-order valence-electron chi connectivity index (χ1n) is 9.00. The Hall–Kier alpha value is -2.15. The van der Waals surface area contributed by atoms with Gasteiger partial charge in [-0.05, 0) is 31.5 Å². The Labute approximate surface area is 155 Å². The molecule has 0 saturated carbocycles. The number of benzene rings is 2. The van der Waals surface area contributed by atoms with Crippen LogP contribution in [0.5, 0.6) is 0 Å². The Balaban J connectivity index is 1.59. The molecule has 5 nitrogen and oxygen atoms in total. The van der Waals surface area contributed by atoms with Crippen LogP contribution in [0.25, 0.3) is 0 Å². The minimum atomic E-state index is -0.492. The molecule has 0 bridgehead atoms. The molecule has 2 atom stereocenters. The van der Waals surface area contributed by atoms with Crippen LogP contribution in [-0.2, 0) is 6.54 Å². The first kappa shape index (κ1) is 18.6. The summed E-state index contributed by atoms with van der Waals surface area (Å²) in [5.74, 6) is -0.492. The van der Waals surface area contributed by atoms with Crippen LogP contribution in [0.15, 0.2) is 54.6 Å². The van der Waals surface area contributed by atoms with Crippen molar-refractivity contribution < 1.29 is 10.0 Å². The van der Waals surface area contributed by atoms with Crippen molar-refractivity contribution in [3.05, 3.63) is 65.7 Å². The van der Waals surface area contributed by atoms with Gasteiger partial charge in [0.15, 0.2) is 0 Å². The van der Waals surface area contributed by atoms with Crippen molar-refractivity contribution in [3.8, 4) is 0 Å². The first-order chi connectivity index (χ1) is 12.6. The Kier molecular flexibility index (Phi) is 6.09. The van der Waals surface area contributed by atoms with Crippen molar-refractivity contribution in [2.24, 2.45) is 0 Å². The van der Waals surface area contributed by atoms with E-state index in [1.807, 2.05) is 12.1 Å². The molecule has 1 fully saturated rings. The molecule has 0 spiro atoms. The zero-order valence-electron chi connectivity index (χ0n) is 15.3. The van der Waals surface area contributed by atoms with Crippen LogP contribution in [0.4, 0.5) is 0 Å². The zero-order valence-corrected chi connectivity index (χ0v) is 15.3. The monoisotopic (exact) mass is 350 g/mol. The number of carbonyl (C=O) groups excluding carboxylic acids is 1. The van der Waals surface area contributed by atoms with E-state index in [-0.39, 0.29) is 0 Å². The smallest absolute Gasteiger partial charge is 0.274 e. The van der Waals surface area contributed by atoms with E-state index in [2.05, 4.69) is 61.3 Å². The van der Waals surface area contributed by atoms with Crippen LogP contribution in [0.3, 0.4) is 0 Å². The summed E-state index contributed by atoms with van der Waals surface area (Å²) in [6.45, 7) is 7.45. The fraction of sp³-hybridized carbons (Fsp3) is 0.350. The van der Waals surface area contributed by atoms with E-state index in [1.165, 1.54) is 5.56 Å². The van der Waals surface area contributed by atoms with Gasteiger partial charge in [-0.3, -0.25) is 14.9 Å². The van der Waals surface area contributed by atoms with Gasteiger partial charge >= 0.3 is 0 Å². The molecule has 135 valence electrons. The molecule has 1 aliphatic rings. The molecule has 3 rings (SSSR count). The van der Waals surface area contributed by atoms with Crippen molar-refractivity contribution >= 4 is 18.8 Å². The molecule has 1 aliphatic heterocycles. The van der Waals surface area contributed by atoms with Crippen molar-refractivity contribution in [2.75, 3.05) is 13.1 Å². The summed E-state index contributed by atoms with van der Waals surface area (Å²) in [6.07, 6.45) is 0. The van der Waals surface area contributed by atoms with Gasteiger partial charge < -0.3 is 4.81 Å². The first-order valence-corrected chi connectivity index (χ1v) is 9.00. The largest absolute Gasteiger partial charge is 0.339 e. The van der Waals surface area contributed by atoms with E-state index in [0.717, 1.165) is 25.1 Å². The summed E-state index contributed by atoms with van der Waals surface area (Å²) in [5, 5.41) is 8.69. The number of amides is 1. The third-order valence-electron chi connectivity index (χ3n) is 4.94. The van der Waals surface area contributed by atoms with Gasteiger partial charge in [-0.1, -0.05) is 47.9 Å². The fourth-order valence-electron chi connectivity index (χ4n) is 3.60. The quantitative estimate of drug-likeness (QED) is 0.489. The number of rotatable bonds is 5. The summed E-state index contributed by atoms with van der Waals surface area (Å²) in [6, 6.07) is 18.7. The van der Waals surface area contributed by atoms with Crippen molar-refractivity contribution in [1.29, 1.82) is 0 Å². The van der Waals surface area contributed by atoms with Gasteiger partial charge in [-0.15, -0.1) is 0 Å². The van der Waals surface area contributed by atoms with Gasteiger partial charge in [0.2, 0.25) is 7.41 Å². The highest BCUT2D eigenvalue weighted by Crippen LogP contribution is 2.18. The Morgan fingerprint density at radius 2 is 1.69 bits per heavy atom. The summed E-state index contributed by atoms with van der Waals surface area (Å²) >= 11 is 0. The number of hydrogen-bond donors (Lipinski definition) is 2. The third kappa shape index (κ3) is 4.52. The van der Waals surface area contributed by atoms with Gasteiger partial charge in [-0.2, -0.15) is 0 Å². The molecule has 0 aliphatic carbocycles. The van der Waals surface area contributed by atoms with Gasteiger partial charge in [-0.25, -0.2) is 5.48 Å². The van der Waals surface area contributed by atoms with E-state index in [4.69, 9.17) is 5.21 Å². The van der Waals surface area contributed by atoms with Crippen molar-refractivity contribution in [3.63, 3.8) is 0 Å². The average molecular weight is 350 g/mol. The normalized spacial score (nSPS) is 21.3. The van der Waals surface area contributed by atoms with Gasteiger partial charge in [0.1, 0.15) is 0 Å². The van der Waals surface area contributed by atoms with Crippen molar-refractivity contribution in [1.82, 2.24) is 15.2 Å². The average Bonchev–Trinajstić information content (AvgIpc) is 2.65. The predicted octanol–water partition coefficient (Wildman–Crippen LogP) is 1.64. The molecule has 0 aromatic heterocycles. The standard InChI is InChI=1S/C20H25BN3O2/c1-15-12-23(21-19-10-8-18(9-11-19)20(25)22-26)13-16(2)24(15)14-17-6-4-3-5-7-17/h3-11,15-16,26H,12-14H2,1-2H3,(H,22,25)/t15-,16+. The molecule has 1 saturated heterocycles. The predicted molar refractivity (Wildman–Crippen MR) is 104 cm³/mol. The maximum atomic E-state index is 11.4. The second-order valence-corrected chi connectivity index (χ2v) is 7.00. The highest BCUT2D eigenvalue weighted by atomic mass is 16.5. The molecule has 2 N–H and O–H groups in total. The number of hydrogen-bond acceptors (Lipinski definition) is 4. The van der Waals surface area contributed by atoms with Crippen LogP contribution in [-0.4, -0.2) is 53.4 Å². The number of piperazine rings is 1. The molecule has 2 aromatic carbocycles. The lowest BCUT2D eigenvalue weighted by Gasteiger charge is -2.44. The van der Waals surface area contributed by atoms with Crippen LogP contribution >= 0.6 is 0 Å². The fourth-order valence-corrected chi connectivity index (χ4v) is 3.60. The number of nitrogens with zero attached hydrogens (tertiary/aromatic N) is 2. The zero-order chi connectivity index (χ0) is 18.5. The highest BCUT2D eigenvalue weighted by molar-refractivity contribution is 6.50. The van der Waals surface area contributed by atoms with Gasteiger partial charge in [0, 0.05) is 37.3 Å². The van der Waals surface area contributed by atoms with Crippen LogP contribution in [0, 0.1) is 0 Å². The minimum absolute atomic E-state index is 0.444. The molecule has 2 aromatic rings. The minimum Gasteiger partial charge on any atom is -0.339 e. The lowest BCUT2D eigenvalue weighted by molar-refractivity contribution is 0.0698. The number of nitrogens with one attached hydrogen (secondary N) is 1. The van der Waals surface area contributed by atoms with E-state index in [9.17, 15) is 4.79 Å². The summed E-state index contributed by atoms with van der Waals surface area (Å²) < 4.78 is 0. The van der Waals surface area contributed by atoms with E-state index < -0.39 is 5.91 Å². The van der Waals surface area contributed by atoms with Crippen LogP contribution in [0.2, 0.25) is 0 Å². The lowest BCUT2D eigenvalue weighted by atomic mass is 9.78. The molecule has 26 heavy (non-hydrogen) atoms. The Bertz CT molecular complexity index is 712. The van der Waals surface area contributed by atoms with Crippen molar-refractivity contribution in [2.45, 2.75) is 32.5 Å². The SMILES string of the molecule is C[C@@H]1CN([B]c2ccc(C(=O)NO)cc2)C[C@H](C)N1Cc1ccccc1. The maximum absolute atomic E-state index is 11.4. The Morgan fingerprint density at radius 1 is 1.08 bits per heavy atom.